The van der Waals surface area contributed by atoms with Gasteiger partial charge in [-0.05, 0) is 48.5 Å². The second kappa shape index (κ2) is 5.14. The van der Waals surface area contributed by atoms with Crippen LogP contribution in [0.5, 0.6) is 6.01 Å². The van der Waals surface area contributed by atoms with Gasteiger partial charge in [-0.3, -0.25) is 0 Å². The van der Waals surface area contributed by atoms with E-state index in [0.29, 0.717) is 6.01 Å². The van der Waals surface area contributed by atoms with E-state index in [4.69, 9.17) is 4.74 Å². The summed E-state index contributed by atoms with van der Waals surface area (Å²) in [6.45, 7) is 1.97. The fourth-order valence-corrected chi connectivity index (χ4v) is 2.05. The van der Waals surface area contributed by atoms with E-state index in [1.807, 2.05) is 30.3 Å². The van der Waals surface area contributed by atoms with E-state index in [2.05, 4.69) is 20.8 Å². The van der Waals surface area contributed by atoms with Crippen molar-refractivity contribution >= 4 is 0 Å². The van der Waals surface area contributed by atoms with Gasteiger partial charge in [0.05, 0.1) is 5.69 Å². The fraction of sp³-hybridized carbons (Fsp3) is 0.417. The Labute approximate surface area is 105 Å². The predicted octanol–water partition coefficient (Wildman–Crippen LogP) is 0.793. The Kier molecular flexibility index (Phi) is 3.18. The van der Waals surface area contributed by atoms with Gasteiger partial charge in [0.1, 0.15) is 6.10 Å². The van der Waals surface area contributed by atoms with Crippen LogP contribution in [0.2, 0.25) is 0 Å². The molecule has 3 rings (SSSR count). The smallest absolute Gasteiger partial charge is 0.340 e. The van der Waals surface area contributed by atoms with Crippen LogP contribution in [0.1, 0.15) is 12.8 Å². The molecule has 6 nitrogen and oxygen atoms in total. The summed E-state index contributed by atoms with van der Waals surface area (Å²) in [4.78, 5) is 0. The number of piperidine rings is 1. The highest BCUT2D eigenvalue weighted by molar-refractivity contribution is 5.31. The van der Waals surface area contributed by atoms with Gasteiger partial charge in [0, 0.05) is 0 Å². The van der Waals surface area contributed by atoms with E-state index < -0.39 is 0 Å². The van der Waals surface area contributed by atoms with Crippen molar-refractivity contribution in [2.24, 2.45) is 0 Å². The number of hydrogen-bond donors (Lipinski definition) is 1. The molecule has 0 radical (unpaired) electrons. The van der Waals surface area contributed by atoms with Crippen molar-refractivity contribution in [2.75, 3.05) is 13.1 Å². The largest absolute Gasteiger partial charge is 0.459 e. The highest BCUT2D eigenvalue weighted by Crippen LogP contribution is 2.16. The first kappa shape index (κ1) is 11.2. The molecule has 1 aliphatic rings. The Bertz CT molecular complexity index is 492. The lowest BCUT2D eigenvalue weighted by molar-refractivity contribution is 0.145. The second-order valence-electron chi connectivity index (χ2n) is 4.28. The van der Waals surface area contributed by atoms with Crippen LogP contribution in [-0.4, -0.2) is 39.4 Å². The van der Waals surface area contributed by atoms with E-state index in [1.165, 1.54) is 0 Å². The lowest BCUT2D eigenvalue weighted by Crippen LogP contribution is -2.34. The molecule has 0 bridgehead atoms. The van der Waals surface area contributed by atoms with Crippen LogP contribution in [0, 0.1) is 0 Å². The van der Waals surface area contributed by atoms with Crippen molar-refractivity contribution in [1.29, 1.82) is 0 Å². The summed E-state index contributed by atoms with van der Waals surface area (Å²) in [5.74, 6) is 0. The fourth-order valence-electron chi connectivity index (χ4n) is 2.05. The third-order valence-corrected chi connectivity index (χ3v) is 3.00. The first-order chi connectivity index (χ1) is 8.93. The molecule has 1 aromatic heterocycles. The molecule has 0 amide bonds. The summed E-state index contributed by atoms with van der Waals surface area (Å²) in [7, 11) is 0. The lowest BCUT2D eigenvalue weighted by Gasteiger charge is -2.22. The van der Waals surface area contributed by atoms with Crippen LogP contribution in [0.25, 0.3) is 5.69 Å². The number of benzene rings is 1. The molecule has 1 saturated heterocycles. The third kappa shape index (κ3) is 2.33. The molecule has 94 valence electrons. The highest BCUT2D eigenvalue weighted by atomic mass is 16.5. The van der Waals surface area contributed by atoms with Gasteiger partial charge in [-0.15, -0.1) is 0 Å². The summed E-state index contributed by atoms with van der Waals surface area (Å²) in [6.07, 6.45) is 2.17. The summed E-state index contributed by atoms with van der Waals surface area (Å²) >= 11 is 0. The van der Waals surface area contributed by atoms with Crippen molar-refractivity contribution < 1.29 is 4.74 Å². The van der Waals surface area contributed by atoms with Crippen molar-refractivity contribution in [3.05, 3.63) is 30.3 Å². The number of ether oxygens (including phenoxy) is 1. The summed E-state index contributed by atoms with van der Waals surface area (Å²) < 4.78 is 7.49. The van der Waals surface area contributed by atoms with Gasteiger partial charge in [0.2, 0.25) is 0 Å². The molecule has 0 atom stereocenters. The van der Waals surface area contributed by atoms with E-state index in [9.17, 15) is 0 Å². The SMILES string of the molecule is c1ccc(-n2nnnc2OC2CCNCC2)cc1. The van der Waals surface area contributed by atoms with Crippen LogP contribution in [0.4, 0.5) is 0 Å². The Morgan fingerprint density at radius 2 is 1.94 bits per heavy atom. The maximum Gasteiger partial charge on any atom is 0.340 e. The number of nitrogens with one attached hydrogen (secondary N) is 1. The zero-order chi connectivity index (χ0) is 12.2. The summed E-state index contributed by atoms with van der Waals surface area (Å²) in [5, 5.41) is 14.9. The van der Waals surface area contributed by atoms with E-state index in [1.54, 1.807) is 4.68 Å². The number of para-hydroxylation sites is 1. The molecule has 6 heteroatoms. The number of tetrazole rings is 1. The highest BCUT2D eigenvalue weighted by Gasteiger charge is 2.18. The monoisotopic (exact) mass is 245 g/mol. The first-order valence-electron chi connectivity index (χ1n) is 6.14. The molecule has 0 saturated carbocycles. The van der Waals surface area contributed by atoms with Crippen molar-refractivity contribution in [3.8, 4) is 11.7 Å². The molecule has 1 fully saturated rings. The van der Waals surface area contributed by atoms with Gasteiger partial charge in [0.25, 0.3) is 0 Å². The first-order valence-corrected chi connectivity index (χ1v) is 6.14. The molecular formula is C12H15N5O. The van der Waals surface area contributed by atoms with Crippen LogP contribution in [0.3, 0.4) is 0 Å². The minimum Gasteiger partial charge on any atom is -0.459 e. The van der Waals surface area contributed by atoms with Gasteiger partial charge in [-0.1, -0.05) is 23.3 Å². The quantitative estimate of drug-likeness (QED) is 0.866. The topological polar surface area (TPSA) is 64.9 Å². The van der Waals surface area contributed by atoms with Gasteiger partial charge >= 0.3 is 6.01 Å². The minimum absolute atomic E-state index is 0.194. The molecule has 0 aliphatic carbocycles. The molecule has 1 aromatic carbocycles. The van der Waals surface area contributed by atoms with Crippen LogP contribution >= 0.6 is 0 Å². The van der Waals surface area contributed by atoms with Crippen molar-refractivity contribution in [1.82, 2.24) is 25.5 Å². The molecular weight excluding hydrogens is 230 g/mol. The van der Waals surface area contributed by atoms with Gasteiger partial charge in [0.15, 0.2) is 0 Å². The van der Waals surface area contributed by atoms with Crippen molar-refractivity contribution in [2.45, 2.75) is 18.9 Å². The molecule has 2 aromatic rings. The van der Waals surface area contributed by atoms with E-state index >= 15 is 0 Å². The summed E-state index contributed by atoms with van der Waals surface area (Å²) in [5.41, 5.74) is 0.909. The van der Waals surface area contributed by atoms with E-state index in [-0.39, 0.29) is 6.10 Å². The van der Waals surface area contributed by atoms with E-state index in [0.717, 1.165) is 31.6 Å². The molecule has 18 heavy (non-hydrogen) atoms. The summed E-state index contributed by atoms with van der Waals surface area (Å²) in [6, 6.07) is 10.2. The zero-order valence-electron chi connectivity index (χ0n) is 9.99. The number of nitrogens with zero attached hydrogens (tertiary/aromatic N) is 4. The normalized spacial score (nSPS) is 16.7. The molecule has 0 spiro atoms. The maximum atomic E-state index is 5.87. The predicted molar refractivity (Wildman–Crippen MR) is 65.7 cm³/mol. The van der Waals surface area contributed by atoms with Gasteiger partial charge < -0.3 is 10.1 Å². The number of aromatic nitrogens is 4. The van der Waals surface area contributed by atoms with Crippen molar-refractivity contribution in [3.63, 3.8) is 0 Å². The third-order valence-electron chi connectivity index (χ3n) is 3.00. The van der Waals surface area contributed by atoms with Crippen LogP contribution in [0.15, 0.2) is 30.3 Å². The molecule has 1 N–H and O–H groups in total. The van der Waals surface area contributed by atoms with Crippen LogP contribution in [-0.2, 0) is 0 Å². The average Bonchev–Trinajstić information content (AvgIpc) is 2.89. The second-order valence-corrected chi connectivity index (χ2v) is 4.28. The maximum absolute atomic E-state index is 5.87. The average molecular weight is 245 g/mol. The van der Waals surface area contributed by atoms with Crippen LogP contribution < -0.4 is 10.1 Å². The Morgan fingerprint density at radius 1 is 1.17 bits per heavy atom. The molecule has 1 aliphatic heterocycles. The molecule has 0 unspecified atom stereocenters. The minimum atomic E-state index is 0.194. The number of hydrogen-bond acceptors (Lipinski definition) is 5. The number of rotatable bonds is 3. The zero-order valence-corrected chi connectivity index (χ0v) is 9.99. The Morgan fingerprint density at radius 3 is 2.72 bits per heavy atom. The Balaban J connectivity index is 1.79. The molecule has 2 heterocycles. The van der Waals surface area contributed by atoms with Gasteiger partial charge in [-0.25, -0.2) is 0 Å². The van der Waals surface area contributed by atoms with Gasteiger partial charge in [-0.2, -0.15) is 4.68 Å². The standard InChI is InChI=1S/C12H15N5O/c1-2-4-10(5-3-1)17-12(14-15-16-17)18-11-6-8-13-9-7-11/h1-5,11,13H,6-9H2. The lowest BCUT2D eigenvalue weighted by atomic mass is 10.1. The Hall–Kier alpha value is -1.95.